The molecule has 0 amide bonds. The predicted molar refractivity (Wildman–Crippen MR) is 112 cm³/mol. The highest BCUT2D eigenvalue weighted by Gasteiger charge is 2.17. The maximum absolute atomic E-state index is 13.1. The molecule has 0 spiro atoms. The van der Waals surface area contributed by atoms with Gasteiger partial charge >= 0.3 is 5.69 Å². The Labute approximate surface area is 168 Å². The first-order valence-corrected chi connectivity index (χ1v) is 9.53. The zero-order chi connectivity index (χ0) is 20.6. The van der Waals surface area contributed by atoms with E-state index in [2.05, 4.69) is 0 Å². The Morgan fingerprint density at radius 3 is 1.79 bits per heavy atom. The molecule has 0 aliphatic carbocycles. The van der Waals surface area contributed by atoms with Crippen LogP contribution < -0.4 is 16.1 Å². The molecule has 0 atom stereocenters. The minimum Gasteiger partial charge on any atom is -0.395 e. The maximum Gasteiger partial charge on any atom is 0.331 e. The Hall–Kier alpha value is -3.16. The van der Waals surface area contributed by atoms with Crippen molar-refractivity contribution in [2.75, 3.05) is 31.2 Å². The monoisotopic (exact) mass is 395 g/mol. The zero-order valence-corrected chi connectivity index (χ0v) is 16.1. The molecule has 2 aromatic carbocycles. The summed E-state index contributed by atoms with van der Waals surface area (Å²) in [5, 5.41) is 18.8. The number of anilines is 1. The van der Waals surface area contributed by atoms with Crippen LogP contribution in [0, 0.1) is 0 Å². The van der Waals surface area contributed by atoms with Gasteiger partial charge in [-0.2, -0.15) is 0 Å². The Kier molecular flexibility index (Phi) is 6.99. The lowest BCUT2D eigenvalue weighted by molar-refractivity contribution is 0.280. The molecule has 0 fully saturated rings. The van der Waals surface area contributed by atoms with Gasteiger partial charge in [0.2, 0.25) is 0 Å². The molecule has 3 aromatic rings. The fraction of sp³-hybridized carbons (Fsp3) is 0.273. The number of rotatable bonds is 9. The van der Waals surface area contributed by atoms with Gasteiger partial charge in [-0.05, 0) is 11.1 Å². The summed E-state index contributed by atoms with van der Waals surface area (Å²) in [7, 11) is 0. The van der Waals surface area contributed by atoms with Crippen LogP contribution in [0.5, 0.6) is 0 Å². The lowest BCUT2D eigenvalue weighted by Gasteiger charge is -2.24. The van der Waals surface area contributed by atoms with Crippen molar-refractivity contribution in [1.29, 1.82) is 0 Å². The maximum atomic E-state index is 13.1. The van der Waals surface area contributed by atoms with E-state index in [4.69, 9.17) is 0 Å². The first-order valence-electron chi connectivity index (χ1n) is 9.53. The average Bonchev–Trinajstić information content (AvgIpc) is 2.74. The fourth-order valence-corrected chi connectivity index (χ4v) is 3.25. The van der Waals surface area contributed by atoms with Crippen molar-refractivity contribution >= 4 is 5.69 Å². The summed E-state index contributed by atoms with van der Waals surface area (Å²) in [6.45, 7) is 0.488. The van der Waals surface area contributed by atoms with Crippen LogP contribution in [-0.2, 0) is 13.1 Å². The van der Waals surface area contributed by atoms with E-state index in [1.807, 2.05) is 60.7 Å². The van der Waals surface area contributed by atoms with E-state index in [1.54, 1.807) is 4.90 Å². The van der Waals surface area contributed by atoms with Crippen molar-refractivity contribution in [2.24, 2.45) is 0 Å². The molecule has 0 radical (unpaired) electrons. The van der Waals surface area contributed by atoms with Gasteiger partial charge in [0.05, 0.1) is 26.3 Å². The van der Waals surface area contributed by atoms with Gasteiger partial charge in [-0.15, -0.1) is 0 Å². The second-order valence-corrected chi connectivity index (χ2v) is 6.72. The third kappa shape index (κ3) is 5.01. The molecule has 0 unspecified atom stereocenters. The molecule has 1 aromatic heterocycles. The number of hydrogen-bond acceptors (Lipinski definition) is 5. The first-order chi connectivity index (χ1) is 14.1. The summed E-state index contributed by atoms with van der Waals surface area (Å²) in [5.41, 5.74) is 1.20. The van der Waals surface area contributed by atoms with E-state index in [0.29, 0.717) is 6.54 Å². The smallest absolute Gasteiger partial charge is 0.331 e. The highest BCUT2D eigenvalue weighted by Crippen LogP contribution is 2.09. The summed E-state index contributed by atoms with van der Waals surface area (Å²) < 4.78 is 2.70. The molecule has 7 nitrogen and oxygen atoms in total. The minimum absolute atomic E-state index is 0.146. The van der Waals surface area contributed by atoms with Crippen molar-refractivity contribution in [3.05, 3.63) is 98.8 Å². The van der Waals surface area contributed by atoms with Gasteiger partial charge in [0.1, 0.15) is 5.69 Å². The number of nitrogens with zero attached hydrogens (tertiary/aromatic N) is 3. The number of hydrogen-bond donors (Lipinski definition) is 2. The molecule has 0 aliphatic heterocycles. The number of benzene rings is 2. The standard InChI is InChI=1S/C22H25N3O4/c26-13-11-23(12-14-27)20-17-24(15-18-7-3-1-4-8-18)22(29)25(21(20)28)16-19-9-5-2-6-10-19/h1-10,17,26-27H,11-16H2. The second-order valence-electron chi connectivity index (χ2n) is 6.72. The van der Waals surface area contributed by atoms with Crippen LogP contribution in [0.4, 0.5) is 5.69 Å². The van der Waals surface area contributed by atoms with Crippen LogP contribution in [0.3, 0.4) is 0 Å². The van der Waals surface area contributed by atoms with Crippen LogP contribution >= 0.6 is 0 Å². The minimum atomic E-state index is -0.440. The third-order valence-corrected chi connectivity index (χ3v) is 4.68. The highest BCUT2D eigenvalue weighted by atomic mass is 16.3. The lowest BCUT2D eigenvalue weighted by Crippen LogP contribution is -2.44. The number of aromatic nitrogens is 2. The molecule has 7 heteroatoms. The summed E-state index contributed by atoms with van der Waals surface area (Å²) in [6, 6.07) is 18.8. The van der Waals surface area contributed by atoms with Crippen molar-refractivity contribution < 1.29 is 10.2 Å². The molecule has 152 valence electrons. The predicted octanol–water partition coefficient (Wildman–Crippen LogP) is 0.898. The SMILES string of the molecule is O=c1c(N(CCO)CCO)cn(Cc2ccccc2)c(=O)n1Cc1ccccc1. The van der Waals surface area contributed by atoms with Crippen LogP contribution in [0.15, 0.2) is 76.4 Å². The van der Waals surface area contributed by atoms with Crippen molar-refractivity contribution in [2.45, 2.75) is 13.1 Å². The summed E-state index contributed by atoms with van der Waals surface area (Å²) in [6.07, 6.45) is 1.52. The van der Waals surface area contributed by atoms with Gasteiger partial charge in [0.15, 0.2) is 0 Å². The van der Waals surface area contributed by atoms with E-state index in [9.17, 15) is 19.8 Å². The molecule has 3 rings (SSSR count). The Morgan fingerprint density at radius 1 is 0.759 bits per heavy atom. The molecule has 0 aliphatic rings. The summed E-state index contributed by atoms with van der Waals surface area (Å²) in [5.74, 6) is 0. The largest absolute Gasteiger partial charge is 0.395 e. The van der Waals surface area contributed by atoms with Gasteiger partial charge in [-0.1, -0.05) is 60.7 Å². The fourth-order valence-electron chi connectivity index (χ4n) is 3.25. The summed E-state index contributed by atoms with van der Waals surface area (Å²) >= 11 is 0. The first kappa shape index (κ1) is 20.6. The van der Waals surface area contributed by atoms with Crippen LogP contribution in [0.25, 0.3) is 0 Å². The van der Waals surface area contributed by atoms with Gasteiger partial charge in [-0.25, -0.2) is 4.79 Å². The van der Waals surface area contributed by atoms with Crippen LogP contribution in [0.1, 0.15) is 11.1 Å². The Balaban J connectivity index is 2.12. The third-order valence-electron chi connectivity index (χ3n) is 4.68. The van der Waals surface area contributed by atoms with Crippen LogP contribution in [0.2, 0.25) is 0 Å². The van der Waals surface area contributed by atoms with Crippen molar-refractivity contribution in [3.8, 4) is 0 Å². The zero-order valence-electron chi connectivity index (χ0n) is 16.1. The second kappa shape index (κ2) is 9.86. The van der Waals surface area contributed by atoms with E-state index in [-0.39, 0.29) is 38.5 Å². The van der Waals surface area contributed by atoms with E-state index < -0.39 is 11.2 Å². The average molecular weight is 395 g/mol. The number of aliphatic hydroxyl groups is 2. The molecular weight excluding hydrogens is 370 g/mol. The van der Waals surface area contributed by atoms with Crippen molar-refractivity contribution in [1.82, 2.24) is 9.13 Å². The van der Waals surface area contributed by atoms with Crippen LogP contribution in [-0.4, -0.2) is 45.7 Å². The summed E-state index contributed by atoms with van der Waals surface area (Å²) in [4.78, 5) is 27.8. The topological polar surface area (TPSA) is 87.7 Å². The lowest BCUT2D eigenvalue weighted by atomic mass is 10.2. The van der Waals surface area contributed by atoms with Gasteiger partial charge in [-0.3, -0.25) is 13.9 Å². The van der Waals surface area contributed by atoms with E-state index >= 15 is 0 Å². The molecule has 29 heavy (non-hydrogen) atoms. The van der Waals surface area contributed by atoms with Gasteiger partial charge < -0.3 is 15.1 Å². The van der Waals surface area contributed by atoms with E-state index in [1.165, 1.54) is 15.3 Å². The normalized spacial score (nSPS) is 10.8. The Morgan fingerprint density at radius 2 is 1.28 bits per heavy atom. The Bertz CT molecular complexity index is 1020. The number of aliphatic hydroxyl groups excluding tert-OH is 2. The van der Waals surface area contributed by atoms with Gasteiger partial charge in [0.25, 0.3) is 5.56 Å². The molecular formula is C22H25N3O4. The van der Waals surface area contributed by atoms with Gasteiger partial charge in [0, 0.05) is 19.3 Å². The van der Waals surface area contributed by atoms with E-state index in [0.717, 1.165) is 11.1 Å². The molecule has 0 bridgehead atoms. The van der Waals surface area contributed by atoms with Crippen molar-refractivity contribution in [3.63, 3.8) is 0 Å². The molecule has 0 saturated carbocycles. The molecule has 1 heterocycles. The molecule has 2 N–H and O–H groups in total. The highest BCUT2D eigenvalue weighted by molar-refractivity contribution is 5.42. The molecule has 0 saturated heterocycles. The quantitative estimate of drug-likeness (QED) is 0.562.